The number of likely N-dealkylation sites (tertiary alicyclic amines) is 1. The summed E-state index contributed by atoms with van der Waals surface area (Å²) >= 11 is 0. The van der Waals surface area contributed by atoms with Crippen molar-refractivity contribution in [2.75, 3.05) is 13.7 Å². The summed E-state index contributed by atoms with van der Waals surface area (Å²) in [5.41, 5.74) is 0.00423. The van der Waals surface area contributed by atoms with Crippen molar-refractivity contribution in [3.8, 4) is 0 Å². The van der Waals surface area contributed by atoms with E-state index in [1.807, 2.05) is 5.32 Å². The summed E-state index contributed by atoms with van der Waals surface area (Å²) in [5, 5.41) is 2.03. The number of alkyl halides is 3. The van der Waals surface area contributed by atoms with E-state index in [2.05, 4.69) is 9.97 Å². The van der Waals surface area contributed by atoms with Gasteiger partial charge in [0.25, 0.3) is 0 Å². The van der Waals surface area contributed by atoms with Crippen molar-refractivity contribution in [3.63, 3.8) is 0 Å². The van der Waals surface area contributed by atoms with E-state index in [0.717, 1.165) is 31.5 Å². The molecule has 0 spiro atoms. The molecule has 1 aromatic heterocycles. The average Bonchev–Trinajstić information content (AvgIpc) is 3.42. The largest absolute Gasteiger partial charge is 0.471 e. The Kier molecular flexibility index (Phi) is 6.04. The summed E-state index contributed by atoms with van der Waals surface area (Å²) < 4.78 is 49.3. The van der Waals surface area contributed by atoms with Crippen molar-refractivity contribution in [3.05, 3.63) is 24.3 Å². The Bertz CT molecular complexity index is 855. The molecule has 2 heterocycles. The first-order valence-electron chi connectivity index (χ1n) is 10.8. The molecule has 6 atom stereocenters. The molecule has 1 saturated heterocycles. The summed E-state index contributed by atoms with van der Waals surface area (Å²) in [4.78, 5) is 34.0. The lowest BCUT2D eigenvalue weighted by atomic mass is 9.86. The summed E-state index contributed by atoms with van der Waals surface area (Å²) in [6.45, 7) is 1.73. The van der Waals surface area contributed by atoms with Crippen LogP contribution in [0.25, 0.3) is 0 Å². The highest BCUT2D eigenvalue weighted by Crippen LogP contribution is 2.61. The molecule has 176 valence electrons. The minimum atomic E-state index is -4.99. The topological polar surface area (TPSA) is 93.7 Å². The number of rotatable bonds is 5. The van der Waals surface area contributed by atoms with Crippen LogP contribution in [0.3, 0.4) is 0 Å². The summed E-state index contributed by atoms with van der Waals surface area (Å²) in [7, 11) is 1.22. The quantitative estimate of drug-likeness (QED) is 0.732. The van der Waals surface area contributed by atoms with Crippen molar-refractivity contribution in [1.29, 1.82) is 0 Å². The maximum atomic E-state index is 12.8. The van der Waals surface area contributed by atoms with Gasteiger partial charge in [-0.2, -0.15) is 13.2 Å². The van der Waals surface area contributed by atoms with Gasteiger partial charge in [-0.1, -0.05) is 0 Å². The monoisotopic (exact) mass is 456 g/mol. The molecule has 1 N–H and O–H groups in total. The Labute approximate surface area is 183 Å². The summed E-state index contributed by atoms with van der Waals surface area (Å²) in [5.74, 6) is -0.752. The number of hydrogen-bond donors (Lipinski definition) is 1. The lowest BCUT2D eigenvalue weighted by Crippen LogP contribution is -2.52. The third-order valence-electron chi connectivity index (χ3n) is 7.06. The Morgan fingerprint density at radius 3 is 2.62 bits per heavy atom. The minimum absolute atomic E-state index is 0.00423. The number of ether oxygens (including phenoxy) is 2. The molecule has 2 amide bonds. The molecule has 1 aromatic rings. The Balaban J connectivity index is 1.39. The van der Waals surface area contributed by atoms with E-state index in [-0.39, 0.29) is 24.5 Å². The number of hydrogen-bond acceptors (Lipinski definition) is 6. The number of amides is 2. The zero-order valence-corrected chi connectivity index (χ0v) is 18.0. The van der Waals surface area contributed by atoms with Crippen LogP contribution in [0, 0.1) is 5.92 Å². The van der Waals surface area contributed by atoms with Gasteiger partial charge in [-0.25, -0.2) is 14.8 Å². The fraction of sp³-hybridized carbons (Fsp3) is 0.714. The molecule has 1 aliphatic heterocycles. The molecule has 0 radical (unpaired) electrons. The second-order valence-corrected chi connectivity index (χ2v) is 8.97. The number of halogens is 3. The van der Waals surface area contributed by atoms with Crippen LogP contribution in [0.15, 0.2) is 18.5 Å². The first-order valence-corrected chi connectivity index (χ1v) is 10.8. The predicted octanol–water partition coefficient (Wildman–Crippen LogP) is 2.58. The molecular weight excluding hydrogens is 429 g/mol. The molecule has 4 rings (SSSR count). The molecule has 3 fully saturated rings. The number of carbonyl (C=O) groups excluding carboxylic acids is 2. The van der Waals surface area contributed by atoms with Gasteiger partial charge in [-0.05, 0) is 51.0 Å². The van der Waals surface area contributed by atoms with Crippen LogP contribution in [0.2, 0.25) is 0 Å². The van der Waals surface area contributed by atoms with E-state index in [1.165, 1.54) is 12.0 Å². The highest BCUT2D eigenvalue weighted by molar-refractivity contribution is 5.82. The van der Waals surface area contributed by atoms with Crippen molar-refractivity contribution in [2.45, 2.75) is 74.8 Å². The van der Waals surface area contributed by atoms with E-state index in [1.54, 1.807) is 25.4 Å². The highest BCUT2D eigenvalue weighted by atomic mass is 19.4. The molecule has 0 bridgehead atoms. The zero-order chi connectivity index (χ0) is 23.1. The van der Waals surface area contributed by atoms with Crippen LogP contribution < -0.4 is 5.32 Å². The van der Waals surface area contributed by atoms with E-state index < -0.39 is 36.3 Å². The lowest BCUT2D eigenvalue weighted by Gasteiger charge is -2.32. The number of methoxy groups -OCH3 is 1. The molecule has 3 aliphatic rings. The molecule has 2 aliphatic carbocycles. The van der Waals surface area contributed by atoms with Crippen molar-refractivity contribution in [2.24, 2.45) is 5.92 Å². The molecule has 8 nitrogen and oxygen atoms in total. The number of aromatic nitrogens is 2. The fourth-order valence-electron chi connectivity index (χ4n) is 5.36. The van der Waals surface area contributed by atoms with E-state index in [0.29, 0.717) is 5.92 Å². The smallest absolute Gasteiger partial charge is 0.453 e. The first-order chi connectivity index (χ1) is 15.2. The number of nitrogens with one attached hydrogen (secondary N) is 1. The average molecular weight is 456 g/mol. The van der Waals surface area contributed by atoms with Crippen molar-refractivity contribution in [1.82, 2.24) is 20.2 Å². The van der Waals surface area contributed by atoms with Crippen LogP contribution in [0.5, 0.6) is 0 Å². The Morgan fingerprint density at radius 2 is 2.00 bits per heavy atom. The summed E-state index contributed by atoms with van der Waals surface area (Å²) in [6, 6.07) is -0.227. The Hall–Kier alpha value is -2.43. The van der Waals surface area contributed by atoms with Gasteiger partial charge >= 0.3 is 18.2 Å². The van der Waals surface area contributed by atoms with Gasteiger partial charge < -0.3 is 14.8 Å². The number of nitrogens with zero attached hydrogens (tertiary/aromatic N) is 3. The molecule has 0 aromatic carbocycles. The van der Waals surface area contributed by atoms with Crippen LogP contribution in [0.1, 0.15) is 44.9 Å². The van der Waals surface area contributed by atoms with Crippen molar-refractivity contribution < 1.29 is 32.2 Å². The van der Waals surface area contributed by atoms with E-state index in [9.17, 15) is 22.8 Å². The maximum absolute atomic E-state index is 12.8. The van der Waals surface area contributed by atoms with Gasteiger partial charge in [0.1, 0.15) is 5.82 Å². The highest BCUT2D eigenvalue weighted by Gasteiger charge is 2.60. The third-order valence-corrected chi connectivity index (χ3v) is 7.06. The first kappa shape index (κ1) is 22.8. The maximum Gasteiger partial charge on any atom is 0.471 e. The number of carbonyl (C=O) groups is 2. The van der Waals surface area contributed by atoms with Gasteiger partial charge in [0.2, 0.25) is 0 Å². The van der Waals surface area contributed by atoms with Crippen LogP contribution in [-0.4, -0.2) is 71.0 Å². The molecular formula is C21H27F3N4O4. The van der Waals surface area contributed by atoms with Gasteiger partial charge in [-0.15, -0.1) is 0 Å². The standard InChI is InChI=1S/C21H27F3N4O4/c1-12-8-15(27-18(29)21(22,23)24)16(28(12)19(30)31-2)11-32-14-4-5-20(10-13(20)9-14)17-25-6-3-7-26-17/h3,6-7,12-16H,4-5,8-11H2,1-2H3,(H,27,29)/t12-,13?,14?,15+,16+,20?/m1/s1. The molecule has 3 unspecified atom stereocenters. The fourth-order valence-corrected chi connectivity index (χ4v) is 5.36. The third kappa shape index (κ3) is 4.26. The Morgan fingerprint density at radius 1 is 1.28 bits per heavy atom. The van der Waals surface area contributed by atoms with Gasteiger partial charge in [0.05, 0.1) is 31.9 Å². The van der Waals surface area contributed by atoms with E-state index >= 15 is 0 Å². The second-order valence-electron chi connectivity index (χ2n) is 8.97. The van der Waals surface area contributed by atoms with Crippen LogP contribution >= 0.6 is 0 Å². The SMILES string of the molecule is COC(=O)N1[C@H](C)C[C@H](NC(=O)C(F)(F)F)[C@@H]1COC1CCC2(c3ncccn3)CC2C1. The predicted molar refractivity (Wildman–Crippen MR) is 106 cm³/mol. The van der Waals surface area contributed by atoms with Gasteiger partial charge in [0.15, 0.2) is 0 Å². The normalized spacial score (nSPS) is 34.0. The van der Waals surface area contributed by atoms with Crippen molar-refractivity contribution >= 4 is 12.0 Å². The zero-order valence-electron chi connectivity index (χ0n) is 18.0. The van der Waals surface area contributed by atoms with Crippen LogP contribution in [-0.2, 0) is 19.7 Å². The molecule has 32 heavy (non-hydrogen) atoms. The molecule has 11 heteroatoms. The summed E-state index contributed by atoms with van der Waals surface area (Å²) in [6.07, 6.45) is 1.40. The second kappa shape index (κ2) is 8.49. The molecule has 2 saturated carbocycles. The minimum Gasteiger partial charge on any atom is -0.453 e. The van der Waals surface area contributed by atoms with Gasteiger partial charge in [0, 0.05) is 23.9 Å². The van der Waals surface area contributed by atoms with Gasteiger partial charge in [-0.3, -0.25) is 9.69 Å². The van der Waals surface area contributed by atoms with Crippen LogP contribution in [0.4, 0.5) is 18.0 Å². The van der Waals surface area contributed by atoms with E-state index in [4.69, 9.17) is 9.47 Å². The lowest BCUT2D eigenvalue weighted by molar-refractivity contribution is -0.174. The number of fused-ring (bicyclic) bond motifs is 1.